The second-order valence-electron chi connectivity index (χ2n) is 4.00. The topological polar surface area (TPSA) is 45.9 Å². The molecule has 4 nitrogen and oxygen atoms in total. The Balaban J connectivity index is 1.98. The molecule has 4 heteroatoms. The summed E-state index contributed by atoms with van der Waals surface area (Å²) in [5.74, 6) is 0.887. The molecule has 0 spiro atoms. The molecule has 0 amide bonds. The van der Waals surface area contributed by atoms with Crippen molar-refractivity contribution < 1.29 is 9.36 Å². The van der Waals surface area contributed by atoms with Crippen LogP contribution in [-0.2, 0) is 6.42 Å². The summed E-state index contributed by atoms with van der Waals surface area (Å²) >= 11 is 0. The summed E-state index contributed by atoms with van der Waals surface area (Å²) in [7, 11) is 0. The monoisotopic (exact) mass is 226 g/mol. The number of aromatic nitrogens is 2. The highest BCUT2D eigenvalue weighted by molar-refractivity contribution is 5.77. The first-order valence-corrected chi connectivity index (χ1v) is 5.55. The molecule has 1 N–H and O–H groups in total. The Bertz CT molecular complexity index is 566. The van der Waals surface area contributed by atoms with E-state index in [2.05, 4.69) is 22.4 Å². The Kier molecular flexibility index (Phi) is 2.33. The van der Waals surface area contributed by atoms with Gasteiger partial charge in [0.1, 0.15) is 11.9 Å². The number of carbonyl (C=O) groups excluding carboxylic acids is 1. The minimum atomic E-state index is 0.0664. The highest BCUT2D eigenvalue weighted by Gasteiger charge is 2.29. The van der Waals surface area contributed by atoms with Gasteiger partial charge in [0.2, 0.25) is 0 Å². The first-order chi connectivity index (χ1) is 8.34. The molecular formula is C13H12N3O+. The fraction of sp³-hybridized carbons (Fsp3) is 0.154. The van der Waals surface area contributed by atoms with E-state index in [0.717, 1.165) is 17.9 Å². The molecule has 0 saturated heterocycles. The van der Waals surface area contributed by atoms with E-state index in [-0.39, 0.29) is 5.91 Å². The smallest absolute Gasteiger partial charge is 0.261 e. The predicted molar refractivity (Wildman–Crippen MR) is 62.8 cm³/mol. The van der Waals surface area contributed by atoms with Gasteiger partial charge in [0.25, 0.3) is 0 Å². The lowest BCUT2D eigenvalue weighted by atomic mass is 10.1. The standard InChI is InChI=1S/C13H11N3O/c17-12-9-15-13-11(14-6-7-16(12)13)8-10-4-2-1-3-5-10/h1-7H,8-9H2/p+1. The largest absolute Gasteiger partial charge is 0.355 e. The van der Waals surface area contributed by atoms with Crippen LogP contribution in [0.15, 0.2) is 42.7 Å². The second kappa shape index (κ2) is 3.97. The average molecular weight is 226 g/mol. The van der Waals surface area contributed by atoms with Crippen molar-refractivity contribution in [3.63, 3.8) is 0 Å². The number of nitrogens with one attached hydrogen (secondary N) is 1. The molecule has 2 heterocycles. The van der Waals surface area contributed by atoms with Crippen LogP contribution >= 0.6 is 0 Å². The van der Waals surface area contributed by atoms with Crippen molar-refractivity contribution >= 4 is 11.7 Å². The fourth-order valence-corrected chi connectivity index (χ4v) is 2.02. The maximum atomic E-state index is 11.5. The quantitative estimate of drug-likeness (QED) is 0.778. The van der Waals surface area contributed by atoms with Gasteiger partial charge in [-0.05, 0) is 5.56 Å². The van der Waals surface area contributed by atoms with E-state index in [0.29, 0.717) is 6.54 Å². The Morgan fingerprint density at radius 3 is 2.94 bits per heavy atom. The zero-order valence-corrected chi connectivity index (χ0v) is 9.26. The number of carbonyl (C=O) groups is 1. The number of fused-ring (bicyclic) bond motifs is 1. The molecule has 0 unspecified atom stereocenters. The number of hydrogen-bond acceptors (Lipinski definition) is 3. The maximum Gasteiger partial charge on any atom is 0.355 e. The van der Waals surface area contributed by atoms with Crippen LogP contribution in [-0.4, -0.2) is 17.4 Å². The highest BCUT2D eigenvalue weighted by atomic mass is 16.2. The van der Waals surface area contributed by atoms with Crippen LogP contribution in [0.25, 0.3) is 0 Å². The zero-order valence-electron chi connectivity index (χ0n) is 9.26. The minimum Gasteiger partial charge on any atom is -0.261 e. The number of nitrogens with zero attached hydrogens (tertiary/aromatic N) is 2. The molecule has 0 aliphatic carbocycles. The van der Waals surface area contributed by atoms with E-state index < -0.39 is 0 Å². The average Bonchev–Trinajstić information content (AvgIpc) is 2.74. The Hall–Kier alpha value is -2.23. The molecule has 17 heavy (non-hydrogen) atoms. The summed E-state index contributed by atoms with van der Waals surface area (Å²) in [5.41, 5.74) is 2.10. The van der Waals surface area contributed by atoms with Gasteiger partial charge < -0.3 is 0 Å². The van der Waals surface area contributed by atoms with Crippen molar-refractivity contribution in [1.29, 1.82) is 0 Å². The normalized spacial score (nSPS) is 13.3. The van der Waals surface area contributed by atoms with E-state index in [1.54, 1.807) is 17.0 Å². The van der Waals surface area contributed by atoms with Crippen LogP contribution in [0.4, 0.5) is 5.82 Å². The summed E-state index contributed by atoms with van der Waals surface area (Å²) < 4.78 is 1.63. The minimum absolute atomic E-state index is 0.0664. The molecule has 3 rings (SSSR count). The Morgan fingerprint density at radius 1 is 1.29 bits per heavy atom. The van der Waals surface area contributed by atoms with Gasteiger partial charge in [-0.3, -0.25) is 5.32 Å². The molecule has 0 radical (unpaired) electrons. The lowest BCUT2D eigenvalue weighted by Crippen LogP contribution is -2.39. The number of anilines is 1. The highest BCUT2D eigenvalue weighted by Crippen LogP contribution is 2.14. The fourth-order valence-electron chi connectivity index (χ4n) is 2.02. The van der Waals surface area contributed by atoms with Gasteiger partial charge in [-0.1, -0.05) is 30.3 Å². The van der Waals surface area contributed by atoms with Crippen LogP contribution < -0.4 is 9.88 Å². The third kappa shape index (κ3) is 1.78. The first kappa shape index (κ1) is 9.96. The summed E-state index contributed by atoms with van der Waals surface area (Å²) in [5, 5.41) is 3.09. The molecule has 1 aliphatic heterocycles. The predicted octanol–water partition coefficient (Wildman–Crippen LogP) is 1.03. The van der Waals surface area contributed by atoms with Gasteiger partial charge in [0, 0.05) is 6.42 Å². The molecule has 1 aromatic heterocycles. The summed E-state index contributed by atoms with van der Waals surface area (Å²) in [6.45, 7) is 0.355. The number of hydrogen-bond donors (Lipinski definition) is 1. The van der Waals surface area contributed by atoms with Gasteiger partial charge >= 0.3 is 11.7 Å². The van der Waals surface area contributed by atoms with Crippen LogP contribution in [0.3, 0.4) is 0 Å². The van der Waals surface area contributed by atoms with E-state index in [4.69, 9.17) is 0 Å². The van der Waals surface area contributed by atoms with Crippen molar-refractivity contribution in [3.8, 4) is 0 Å². The molecule has 0 atom stereocenters. The van der Waals surface area contributed by atoms with Gasteiger partial charge in [-0.2, -0.15) is 4.57 Å². The van der Waals surface area contributed by atoms with Gasteiger partial charge in [0.15, 0.2) is 6.54 Å². The SMILES string of the molecule is O=C1CNc2c(Cc3ccccc3)ncc[n+]21. The van der Waals surface area contributed by atoms with E-state index in [1.165, 1.54) is 5.56 Å². The van der Waals surface area contributed by atoms with Crippen molar-refractivity contribution in [2.24, 2.45) is 0 Å². The van der Waals surface area contributed by atoms with Crippen LogP contribution in [0.1, 0.15) is 16.1 Å². The molecule has 1 aliphatic rings. The maximum absolute atomic E-state index is 11.5. The molecule has 0 saturated carbocycles. The molecule has 1 aromatic carbocycles. The lowest BCUT2D eigenvalue weighted by Gasteiger charge is -2.01. The summed E-state index contributed by atoms with van der Waals surface area (Å²) in [6, 6.07) is 10.1. The van der Waals surface area contributed by atoms with Crippen molar-refractivity contribution in [1.82, 2.24) is 4.98 Å². The Morgan fingerprint density at radius 2 is 2.12 bits per heavy atom. The lowest BCUT2D eigenvalue weighted by molar-refractivity contribution is -0.552. The number of benzene rings is 1. The van der Waals surface area contributed by atoms with E-state index >= 15 is 0 Å². The third-order valence-electron chi connectivity index (χ3n) is 2.85. The van der Waals surface area contributed by atoms with Crippen molar-refractivity contribution in [2.45, 2.75) is 6.42 Å². The van der Waals surface area contributed by atoms with Gasteiger partial charge in [-0.25, -0.2) is 9.78 Å². The summed E-state index contributed by atoms with van der Waals surface area (Å²) in [4.78, 5) is 15.9. The van der Waals surface area contributed by atoms with Crippen LogP contribution in [0.5, 0.6) is 0 Å². The van der Waals surface area contributed by atoms with Crippen molar-refractivity contribution in [2.75, 3.05) is 11.9 Å². The van der Waals surface area contributed by atoms with Crippen LogP contribution in [0.2, 0.25) is 0 Å². The van der Waals surface area contributed by atoms with Gasteiger partial charge in [0.05, 0.1) is 6.20 Å². The van der Waals surface area contributed by atoms with E-state index in [1.807, 2.05) is 18.2 Å². The summed E-state index contributed by atoms with van der Waals surface area (Å²) in [6.07, 6.45) is 4.11. The molecule has 2 aromatic rings. The first-order valence-electron chi connectivity index (χ1n) is 5.55. The Labute approximate surface area is 98.9 Å². The molecule has 0 fully saturated rings. The molecule has 0 bridgehead atoms. The zero-order chi connectivity index (χ0) is 11.7. The van der Waals surface area contributed by atoms with Gasteiger partial charge in [-0.15, -0.1) is 0 Å². The van der Waals surface area contributed by atoms with Crippen LogP contribution in [0, 0.1) is 0 Å². The van der Waals surface area contributed by atoms with Crippen molar-refractivity contribution in [3.05, 3.63) is 54.0 Å². The molecule has 84 valence electrons. The third-order valence-corrected chi connectivity index (χ3v) is 2.85. The molecular weight excluding hydrogens is 214 g/mol. The second-order valence-corrected chi connectivity index (χ2v) is 4.00. The number of rotatable bonds is 2. The van der Waals surface area contributed by atoms with E-state index in [9.17, 15) is 4.79 Å².